The van der Waals surface area contributed by atoms with Crippen LogP contribution >= 0.6 is 0 Å². The summed E-state index contributed by atoms with van der Waals surface area (Å²) < 4.78 is 10.8. The number of carboxylic acids is 1. The molecule has 0 spiro atoms. The molecule has 2 aliphatic heterocycles. The second-order valence-electron chi connectivity index (χ2n) is 7.14. The Balaban J connectivity index is 1.52. The third kappa shape index (κ3) is 3.10. The number of anilines is 1. The molecule has 2 N–H and O–H groups in total. The molecule has 30 heavy (non-hydrogen) atoms. The zero-order valence-corrected chi connectivity index (χ0v) is 15.9. The van der Waals surface area contributed by atoms with Gasteiger partial charge in [0.25, 0.3) is 5.91 Å². The van der Waals surface area contributed by atoms with E-state index in [1.165, 1.54) is 0 Å². The molecule has 0 saturated heterocycles. The van der Waals surface area contributed by atoms with Gasteiger partial charge >= 0.3 is 5.97 Å². The van der Waals surface area contributed by atoms with Crippen LogP contribution in [-0.4, -0.2) is 28.7 Å². The molecule has 0 aromatic heterocycles. The molecular weight excluding hydrogens is 384 g/mol. The number of carbonyl (C=O) groups is 2. The summed E-state index contributed by atoms with van der Waals surface area (Å²) in [4.78, 5) is 26.3. The van der Waals surface area contributed by atoms with Gasteiger partial charge in [0.1, 0.15) is 6.17 Å². The van der Waals surface area contributed by atoms with Crippen LogP contribution in [0.2, 0.25) is 0 Å². The van der Waals surface area contributed by atoms with Crippen molar-refractivity contribution in [2.24, 2.45) is 0 Å². The summed E-state index contributed by atoms with van der Waals surface area (Å²) in [7, 11) is 0. The van der Waals surface area contributed by atoms with Gasteiger partial charge in [0.2, 0.25) is 6.79 Å². The number of nitrogens with zero attached hydrogens (tertiary/aromatic N) is 1. The Morgan fingerprint density at radius 3 is 2.60 bits per heavy atom. The molecular formula is C23H18N2O5. The minimum Gasteiger partial charge on any atom is -0.478 e. The van der Waals surface area contributed by atoms with Crippen LogP contribution in [0.25, 0.3) is 0 Å². The topological polar surface area (TPSA) is 88.1 Å². The molecule has 0 bridgehead atoms. The van der Waals surface area contributed by atoms with E-state index in [4.69, 9.17) is 9.47 Å². The van der Waals surface area contributed by atoms with Crippen molar-refractivity contribution in [3.05, 3.63) is 89.0 Å². The largest absolute Gasteiger partial charge is 0.478 e. The molecule has 0 fully saturated rings. The molecule has 1 amide bonds. The summed E-state index contributed by atoms with van der Waals surface area (Å²) in [5, 5.41) is 12.6. The number of nitrogens with one attached hydrogen (secondary N) is 1. The molecule has 0 saturated carbocycles. The van der Waals surface area contributed by atoms with Gasteiger partial charge in [-0.1, -0.05) is 30.3 Å². The Morgan fingerprint density at radius 2 is 1.80 bits per heavy atom. The van der Waals surface area contributed by atoms with Crippen LogP contribution in [0, 0.1) is 0 Å². The highest BCUT2D eigenvalue weighted by atomic mass is 16.7. The fraction of sp³-hybridized carbons (Fsp3) is 0.130. The first-order valence-corrected chi connectivity index (χ1v) is 9.48. The van der Waals surface area contributed by atoms with Crippen molar-refractivity contribution in [2.45, 2.75) is 12.7 Å². The predicted molar refractivity (Wildman–Crippen MR) is 109 cm³/mol. The van der Waals surface area contributed by atoms with E-state index in [-0.39, 0.29) is 18.3 Å². The maximum Gasteiger partial charge on any atom is 0.335 e. The van der Waals surface area contributed by atoms with E-state index < -0.39 is 12.1 Å². The van der Waals surface area contributed by atoms with Gasteiger partial charge in [-0.15, -0.1) is 0 Å². The zero-order valence-electron chi connectivity index (χ0n) is 15.9. The number of ether oxygens (including phenoxy) is 2. The number of rotatable bonds is 4. The Bertz CT molecular complexity index is 1140. The van der Waals surface area contributed by atoms with Gasteiger partial charge in [-0.2, -0.15) is 0 Å². The van der Waals surface area contributed by atoms with E-state index in [0.717, 1.165) is 16.8 Å². The van der Waals surface area contributed by atoms with Crippen molar-refractivity contribution in [3.8, 4) is 11.5 Å². The summed E-state index contributed by atoms with van der Waals surface area (Å²) in [6.07, 6.45) is -0.444. The van der Waals surface area contributed by atoms with E-state index in [1.54, 1.807) is 35.2 Å². The van der Waals surface area contributed by atoms with Crippen LogP contribution in [-0.2, 0) is 6.54 Å². The normalized spacial score (nSPS) is 16.7. The zero-order chi connectivity index (χ0) is 20.7. The highest BCUT2D eigenvalue weighted by Gasteiger charge is 2.33. The fourth-order valence-electron chi connectivity index (χ4n) is 3.76. The quantitative estimate of drug-likeness (QED) is 0.689. The number of fused-ring (bicyclic) bond motifs is 2. The number of hydrogen-bond acceptors (Lipinski definition) is 5. The minimum atomic E-state index is -0.989. The first kappa shape index (κ1) is 18.1. The van der Waals surface area contributed by atoms with Gasteiger partial charge in [-0.3, -0.25) is 4.79 Å². The predicted octanol–water partition coefficient (Wildman–Crippen LogP) is 3.88. The van der Waals surface area contributed by atoms with Crippen LogP contribution < -0.4 is 14.8 Å². The van der Waals surface area contributed by atoms with Crippen molar-refractivity contribution in [1.82, 2.24) is 4.90 Å². The van der Waals surface area contributed by atoms with Gasteiger partial charge in [-0.25, -0.2) is 4.79 Å². The van der Waals surface area contributed by atoms with Crippen LogP contribution in [0.4, 0.5) is 5.69 Å². The summed E-state index contributed by atoms with van der Waals surface area (Å²) in [6, 6.07) is 19.5. The van der Waals surface area contributed by atoms with Crippen LogP contribution in [0.5, 0.6) is 11.5 Å². The fourth-order valence-corrected chi connectivity index (χ4v) is 3.76. The average Bonchev–Trinajstić information content (AvgIpc) is 3.23. The Hall–Kier alpha value is -4.00. The summed E-state index contributed by atoms with van der Waals surface area (Å²) in [5.74, 6) is 0.256. The third-order valence-corrected chi connectivity index (χ3v) is 5.29. The molecule has 7 nitrogen and oxygen atoms in total. The molecule has 7 heteroatoms. The number of aromatic carboxylic acids is 1. The lowest BCUT2D eigenvalue weighted by Gasteiger charge is -2.38. The molecule has 150 valence electrons. The van der Waals surface area contributed by atoms with E-state index in [1.807, 2.05) is 36.4 Å². The number of carbonyl (C=O) groups excluding carboxylic acids is 1. The molecule has 3 aromatic rings. The Labute approximate surface area is 172 Å². The van der Waals surface area contributed by atoms with Crippen molar-refractivity contribution in [3.63, 3.8) is 0 Å². The molecule has 2 heterocycles. The SMILES string of the molecule is O=C(O)c1ccc([C@H]2Nc3ccccc3C(=O)N2Cc2ccc3c(c2)OCO3)cc1. The van der Waals surface area contributed by atoms with E-state index in [0.29, 0.717) is 23.6 Å². The smallest absolute Gasteiger partial charge is 0.335 e. The average molecular weight is 402 g/mol. The molecule has 3 aromatic carbocycles. The van der Waals surface area contributed by atoms with Crippen molar-refractivity contribution in [1.29, 1.82) is 0 Å². The molecule has 1 atom stereocenters. The second-order valence-corrected chi connectivity index (χ2v) is 7.14. The van der Waals surface area contributed by atoms with Gasteiger partial charge in [0.05, 0.1) is 11.1 Å². The van der Waals surface area contributed by atoms with Gasteiger partial charge in [-0.05, 0) is 47.5 Å². The van der Waals surface area contributed by atoms with Crippen molar-refractivity contribution < 1.29 is 24.2 Å². The van der Waals surface area contributed by atoms with Crippen molar-refractivity contribution >= 4 is 17.6 Å². The Kier molecular flexibility index (Phi) is 4.28. The highest BCUT2D eigenvalue weighted by Crippen LogP contribution is 2.37. The first-order valence-electron chi connectivity index (χ1n) is 9.48. The van der Waals surface area contributed by atoms with Crippen LogP contribution in [0.3, 0.4) is 0 Å². The lowest BCUT2D eigenvalue weighted by atomic mass is 10.0. The number of hydrogen-bond donors (Lipinski definition) is 2. The number of benzene rings is 3. The number of carboxylic acid groups (broad SMARTS) is 1. The summed E-state index contributed by atoms with van der Waals surface area (Å²) in [5.41, 5.74) is 3.24. The van der Waals surface area contributed by atoms with Gasteiger partial charge in [0, 0.05) is 12.2 Å². The maximum atomic E-state index is 13.3. The molecule has 2 aliphatic rings. The monoisotopic (exact) mass is 402 g/mol. The summed E-state index contributed by atoms with van der Waals surface area (Å²) in [6.45, 7) is 0.539. The molecule has 0 aliphatic carbocycles. The van der Waals surface area contributed by atoms with E-state index in [2.05, 4.69) is 5.32 Å². The van der Waals surface area contributed by atoms with Gasteiger partial charge in [0.15, 0.2) is 11.5 Å². The Morgan fingerprint density at radius 1 is 1.03 bits per heavy atom. The maximum absolute atomic E-state index is 13.3. The highest BCUT2D eigenvalue weighted by molar-refractivity contribution is 6.01. The number of para-hydroxylation sites is 1. The van der Waals surface area contributed by atoms with Crippen LogP contribution in [0.15, 0.2) is 66.7 Å². The third-order valence-electron chi connectivity index (χ3n) is 5.29. The number of amides is 1. The second kappa shape index (κ2) is 7.11. The first-order chi connectivity index (χ1) is 14.6. The van der Waals surface area contributed by atoms with E-state index >= 15 is 0 Å². The minimum absolute atomic E-state index is 0.102. The van der Waals surface area contributed by atoms with Gasteiger partial charge < -0.3 is 24.8 Å². The van der Waals surface area contributed by atoms with Crippen molar-refractivity contribution in [2.75, 3.05) is 12.1 Å². The lowest BCUT2D eigenvalue weighted by Crippen LogP contribution is -2.42. The molecule has 0 unspecified atom stereocenters. The van der Waals surface area contributed by atoms with Crippen LogP contribution in [0.1, 0.15) is 38.0 Å². The standard InChI is InChI=1S/C23H18N2O5/c26-22-17-3-1-2-4-18(17)24-21(15-6-8-16(9-7-15)23(27)28)25(22)12-14-5-10-19-20(11-14)30-13-29-19/h1-11,21,24H,12-13H2,(H,27,28)/t21-/m0/s1. The lowest BCUT2D eigenvalue weighted by molar-refractivity contribution is 0.0662. The van der Waals surface area contributed by atoms with E-state index in [9.17, 15) is 14.7 Å². The molecule has 0 radical (unpaired) electrons. The summed E-state index contributed by atoms with van der Waals surface area (Å²) >= 11 is 0. The molecule has 5 rings (SSSR count).